The van der Waals surface area contributed by atoms with Gasteiger partial charge in [0.25, 0.3) is 0 Å². The number of aryl methyl sites for hydroxylation is 1. The van der Waals surface area contributed by atoms with Crippen molar-refractivity contribution in [3.8, 4) is 5.75 Å². The minimum Gasteiger partial charge on any atom is -0.483 e. The van der Waals surface area contributed by atoms with Gasteiger partial charge in [-0.25, -0.2) is 0 Å². The molecule has 1 aromatic carbocycles. The molecule has 0 atom stereocenters. The predicted octanol–water partition coefficient (Wildman–Crippen LogP) is 1.75. The second kappa shape index (κ2) is 5.51. The van der Waals surface area contributed by atoms with Crippen molar-refractivity contribution < 1.29 is 9.84 Å². The maximum Gasteiger partial charge on any atom is 0.224 e. The second-order valence-corrected chi connectivity index (χ2v) is 4.05. The van der Waals surface area contributed by atoms with Crippen molar-refractivity contribution in [2.45, 2.75) is 20.1 Å². The summed E-state index contributed by atoms with van der Waals surface area (Å²) >= 11 is 0. The van der Waals surface area contributed by atoms with E-state index in [0.29, 0.717) is 23.7 Å². The van der Waals surface area contributed by atoms with Crippen LogP contribution >= 0.6 is 0 Å². The molecule has 18 heavy (non-hydrogen) atoms. The first-order valence-corrected chi connectivity index (χ1v) is 5.71. The highest BCUT2D eigenvalue weighted by molar-refractivity contribution is 5.29. The van der Waals surface area contributed by atoms with Crippen LogP contribution in [0.4, 0.5) is 0 Å². The minimum atomic E-state index is -0.216. The monoisotopic (exact) mass is 245 g/mol. The number of hydrogen-bond acceptors (Lipinski definition) is 3. The van der Waals surface area contributed by atoms with E-state index in [1.807, 2.05) is 30.3 Å². The van der Waals surface area contributed by atoms with E-state index in [4.69, 9.17) is 9.84 Å². The summed E-state index contributed by atoms with van der Waals surface area (Å²) in [6.45, 7) is 1.92. The third kappa shape index (κ3) is 2.78. The van der Waals surface area contributed by atoms with Gasteiger partial charge in [-0.1, -0.05) is 30.3 Å². The fraction of sp³-hybridized carbons (Fsp3) is 0.214. The SMILES string of the molecule is Cc1[nH]c(CO)cc(=O)c1OCc1ccccc1. The summed E-state index contributed by atoms with van der Waals surface area (Å²) in [6, 6.07) is 11.0. The van der Waals surface area contributed by atoms with Gasteiger partial charge in [0.05, 0.1) is 12.3 Å². The summed E-state index contributed by atoms with van der Waals surface area (Å²) in [5, 5.41) is 8.97. The molecule has 0 radical (unpaired) electrons. The molecule has 2 rings (SSSR count). The number of nitrogens with one attached hydrogen (secondary N) is 1. The van der Waals surface area contributed by atoms with Crippen molar-refractivity contribution in [2.75, 3.05) is 0 Å². The molecule has 0 saturated carbocycles. The lowest BCUT2D eigenvalue weighted by atomic mass is 10.2. The number of ether oxygens (including phenoxy) is 1. The van der Waals surface area contributed by atoms with Gasteiger partial charge in [-0.05, 0) is 12.5 Å². The summed E-state index contributed by atoms with van der Waals surface area (Å²) in [4.78, 5) is 14.7. The van der Waals surface area contributed by atoms with Crippen LogP contribution in [0.5, 0.6) is 5.75 Å². The smallest absolute Gasteiger partial charge is 0.224 e. The topological polar surface area (TPSA) is 62.3 Å². The van der Waals surface area contributed by atoms with Crippen LogP contribution in [0.15, 0.2) is 41.2 Å². The van der Waals surface area contributed by atoms with Crippen LogP contribution in [-0.4, -0.2) is 10.1 Å². The van der Waals surface area contributed by atoms with Crippen LogP contribution < -0.4 is 10.2 Å². The lowest BCUT2D eigenvalue weighted by Gasteiger charge is -2.09. The number of hydrogen-bond donors (Lipinski definition) is 2. The number of benzene rings is 1. The molecule has 0 spiro atoms. The molecule has 4 heteroatoms. The fourth-order valence-corrected chi connectivity index (χ4v) is 1.74. The van der Waals surface area contributed by atoms with Gasteiger partial charge in [0, 0.05) is 11.8 Å². The number of aromatic amines is 1. The predicted molar refractivity (Wildman–Crippen MR) is 68.5 cm³/mol. The van der Waals surface area contributed by atoms with Gasteiger partial charge in [0.15, 0.2) is 5.75 Å². The molecule has 2 aromatic rings. The van der Waals surface area contributed by atoms with Gasteiger partial charge in [0.1, 0.15) is 6.61 Å². The summed E-state index contributed by atoms with van der Waals surface area (Å²) in [7, 11) is 0. The van der Waals surface area contributed by atoms with Crippen molar-refractivity contribution in [3.05, 3.63) is 63.6 Å². The standard InChI is InChI=1S/C14H15NO3/c1-10-14(13(17)7-12(8-16)15-10)18-9-11-5-3-2-4-6-11/h2-7,16H,8-9H2,1H3,(H,15,17). The van der Waals surface area contributed by atoms with Crippen molar-refractivity contribution in [1.29, 1.82) is 0 Å². The van der Waals surface area contributed by atoms with Gasteiger partial charge in [0.2, 0.25) is 5.43 Å². The Morgan fingerprint density at radius 1 is 1.28 bits per heavy atom. The molecule has 0 amide bonds. The molecule has 0 aliphatic heterocycles. The lowest BCUT2D eigenvalue weighted by molar-refractivity contribution is 0.273. The third-order valence-electron chi connectivity index (χ3n) is 2.61. The third-order valence-corrected chi connectivity index (χ3v) is 2.61. The summed E-state index contributed by atoms with van der Waals surface area (Å²) < 4.78 is 5.53. The molecule has 1 aromatic heterocycles. The molecule has 0 fully saturated rings. The van der Waals surface area contributed by atoms with E-state index in [1.165, 1.54) is 6.07 Å². The van der Waals surface area contributed by atoms with Crippen LogP contribution in [0.25, 0.3) is 0 Å². The van der Waals surface area contributed by atoms with Gasteiger partial charge in [-0.2, -0.15) is 0 Å². The zero-order valence-electron chi connectivity index (χ0n) is 10.1. The Labute approximate surface area is 105 Å². The highest BCUT2D eigenvalue weighted by Crippen LogP contribution is 2.12. The molecule has 0 saturated heterocycles. The lowest BCUT2D eigenvalue weighted by Crippen LogP contribution is -2.12. The van der Waals surface area contributed by atoms with Crippen LogP contribution in [0.3, 0.4) is 0 Å². The van der Waals surface area contributed by atoms with E-state index < -0.39 is 0 Å². The van der Waals surface area contributed by atoms with Crippen LogP contribution in [0.1, 0.15) is 17.0 Å². The quantitative estimate of drug-likeness (QED) is 0.862. The van der Waals surface area contributed by atoms with Gasteiger partial charge >= 0.3 is 0 Å². The summed E-state index contributed by atoms with van der Waals surface area (Å²) in [5.74, 6) is 0.302. The molecular weight excluding hydrogens is 230 g/mol. The summed E-state index contributed by atoms with van der Waals surface area (Å²) in [5.41, 5.74) is 1.90. The van der Waals surface area contributed by atoms with Crippen molar-refractivity contribution in [3.63, 3.8) is 0 Å². The molecule has 0 aliphatic rings. The van der Waals surface area contributed by atoms with E-state index >= 15 is 0 Å². The first kappa shape index (κ1) is 12.4. The van der Waals surface area contributed by atoms with E-state index in [9.17, 15) is 4.79 Å². The molecule has 1 heterocycles. The van der Waals surface area contributed by atoms with Crippen LogP contribution in [-0.2, 0) is 13.2 Å². The number of aromatic nitrogens is 1. The Morgan fingerprint density at radius 2 is 2.00 bits per heavy atom. The van der Waals surface area contributed by atoms with E-state index in [-0.39, 0.29) is 12.0 Å². The van der Waals surface area contributed by atoms with Gasteiger partial charge in [-0.15, -0.1) is 0 Å². The highest BCUT2D eigenvalue weighted by Gasteiger charge is 2.07. The first-order chi connectivity index (χ1) is 8.70. The van der Waals surface area contributed by atoms with Crippen molar-refractivity contribution >= 4 is 0 Å². The Hall–Kier alpha value is -2.07. The fourth-order valence-electron chi connectivity index (χ4n) is 1.74. The van der Waals surface area contributed by atoms with Gasteiger partial charge in [-0.3, -0.25) is 4.79 Å². The number of H-pyrrole nitrogens is 1. The number of rotatable bonds is 4. The van der Waals surface area contributed by atoms with E-state index in [0.717, 1.165) is 5.56 Å². The van der Waals surface area contributed by atoms with Crippen LogP contribution in [0, 0.1) is 6.92 Å². The molecule has 0 unspecified atom stereocenters. The van der Waals surface area contributed by atoms with Crippen molar-refractivity contribution in [2.24, 2.45) is 0 Å². The number of aliphatic hydroxyl groups is 1. The van der Waals surface area contributed by atoms with E-state index in [2.05, 4.69) is 4.98 Å². The Morgan fingerprint density at radius 3 is 2.61 bits per heavy atom. The first-order valence-electron chi connectivity index (χ1n) is 5.71. The largest absolute Gasteiger partial charge is 0.483 e. The van der Waals surface area contributed by atoms with E-state index in [1.54, 1.807) is 6.92 Å². The number of aliphatic hydroxyl groups excluding tert-OH is 1. The molecule has 0 bridgehead atoms. The minimum absolute atomic E-state index is 0.185. The molecule has 0 aliphatic carbocycles. The maximum absolute atomic E-state index is 11.8. The Kier molecular flexibility index (Phi) is 3.79. The van der Waals surface area contributed by atoms with Crippen molar-refractivity contribution in [1.82, 2.24) is 4.98 Å². The molecule has 94 valence electrons. The second-order valence-electron chi connectivity index (χ2n) is 4.05. The zero-order chi connectivity index (χ0) is 13.0. The molecule has 4 nitrogen and oxygen atoms in total. The average Bonchev–Trinajstić information content (AvgIpc) is 2.38. The normalized spacial score (nSPS) is 10.3. The zero-order valence-corrected chi connectivity index (χ0v) is 10.1. The molecule has 2 N–H and O–H groups in total. The van der Waals surface area contributed by atoms with Gasteiger partial charge < -0.3 is 14.8 Å². The number of pyridine rings is 1. The Bertz CT molecular complexity index is 575. The summed E-state index contributed by atoms with van der Waals surface area (Å²) in [6.07, 6.45) is 0. The molecular formula is C14H15NO3. The highest BCUT2D eigenvalue weighted by atomic mass is 16.5. The maximum atomic E-state index is 11.8. The average molecular weight is 245 g/mol. The van der Waals surface area contributed by atoms with Crippen LogP contribution in [0.2, 0.25) is 0 Å². The Balaban J connectivity index is 2.17.